The zero-order valence-corrected chi connectivity index (χ0v) is 9.55. The van der Waals surface area contributed by atoms with E-state index in [1.807, 2.05) is 0 Å². The van der Waals surface area contributed by atoms with Crippen LogP contribution in [0, 0.1) is 0 Å². The molecule has 0 amide bonds. The number of sulfonamides is 1. The molecule has 1 aromatic carbocycles. The highest BCUT2D eigenvalue weighted by Gasteiger charge is 2.07. The summed E-state index contributed by atoms with van der Waals surface area (Å²) in [5.41, 5.74) is 1.42. The fourth-order valence-corrected chi connectivity index (χ4v) is 1.79. The van der Waals surface area contributed by atoms with Gasteiger partial charge in [-0.1, -0.05) is 12.1 Å². The van der Waals surface area contributed by atoms with Crippen LogP contribution < -0.4 is 4.72 Å². The smallest absolute Gasteiger partial charge is 0.246 e. The van der Waals surface area contributed by atoms with Gasteiger partial charge in [-0.2, -0.15) is 0 Å². The third kappa shape index (κ3) is 4.07. The van der Waals surface area contributed by atoms with Gasteiger partial charge in [-0.3, -0.25) is 4.72 Å². The average molecular weight is 250 g/mol. The Morgan fingerprint density at radius 1 is 1.27 bits per heavy atom. The Hall–Kier alpha value is -0.780. The zero-order valence-electron chi connectivity index (χ0n) is 7.98. The Morgan fingerprint density at radius 2 is 1.87 bits per heavy atom. The lowest BCUT2D eigenvalue weighted by atomic mass is 10.1. The highest BCUT2D eigenvalue weighted by molar-refractivity contribution is 7.93. The number of benzene rings is 1. The first kappa shape index (κ1) is 12.3. The van der Waals surface area contributed by atoms with Gasteiger partial charge in [0.2, 0.25) is 10.0 Å². The van der Waals surface area contributed by atoms with Crippen molar-refractivity contribution in [3.63, 3.8) is 0 Å². The normalized spacial score (nSPS) is 11.3. The van der Waals surface area contributed by atoms with Crippen LogP contribution in [0.2, 0.25) is 0 Å². The largest absolute Gasteiger partial charge is 0.396 e. The van der Waals surface area contributed by atoms with E-state index in [9.17, 15) is 8.42 Å². The molecule has 84 valence electrons. The number of halogens is 1. The molecule has 6 heteroatoms. The first-order valence-corrected chi connectivity index (χ1v) is 6.52. The van der Waals surface area contributed by atoms with Crippen molar-refractivity contribution in [2.45, 2.75) is 6.42 Å². The summed E-state index contributed by atoms with van der Waals surface area (Å²) >= 11 is 5.24. The van der Waals surface area contributed by atoms with E-state index in [1.54, 1.807) is 24.3 Å². The highest BCUT2D eigenvalue weighted by atomic mass is 35.5. The lowest BCUT2D eigenvalue weighted by Crippen LogP contribution is -2.13. The molecule has 0 aromatic heterocycles. The van der Waals surface area contributed by atoms with Crippen LogP contribution in [-0.4, -0.2) is 25.3 Å². The van der Waals surface area contributed by atoms with Gasteiger partial charge in [-0.15, -0.1) is 11.6 Å². The third-order valence-corrected chi connectivity index (χ3v) is 3.47. The molecule has 0 saturated carbocycles. The van der Waals surface area contributed by atoms with Gasteiger partial charge in [0.25, 0.3) is 0 Å². The van der Waals surface area contributed by atoms with Gasteiger partial charge >= 0.3 is 0 Å². The van der Waals surface area contributed by atoms with E-state index >= 15 is 0 Å². The third-order valence-electron chi connectivity index (χ3n) is 1.77. The van der Waals surface area contributed by atoms with Gasteiger partial charge in [0.15, 0.2) is 0 Å². The average Bonchev–Trinajstić information content (AvgIpc) is 2.21. The fourth-order valence-electron chi connectivity index (χ4n) is 1.08. The number of rotatable bonds is 5. The maximum absolute atomic E-state index is 11.1. The van der Waals surface area contributed by atoms with Gasteiger partial charge in [0, 0.05) is 12.3 Å². The number of anilines is 1. The summed E-state index contributed by atoms with van der Waals surface area (Å²) in [5.74, 6) is 0. The topological polar surface area (TPSA) is 66.4 Å². The molecular formula is C9H12ClNO3S. The van der Waals surface area contributed by atoms with Crippen molar-refractivity contribution in [1.82, 2.24) is 0 Å². The predicted molar refractivity (Wildman–Crippen MR) is 60.5 cm³/mol. The monoisotopic (exact) mass is 249 g/mol. The number of hydrogen-bond donors (Lipinski definition) is 2. The van der Waals surface area contributed by atoms with Gasteiger partial charge < -0.3 is 5.11 Å². The highest BCUT2D eigenvalue weighted by Crippen LogP contribution is 2.12. The van der Waals surface area contributed by atoms with Crippen molar-refractivity contribution in [1.29, 1.82) is 0 Å². The molecule has 0 radical (unpaired) electrons. The van der Waals surface area contributed by atoms with E-state index in [2.05, 4.69) is 4.72 Å². The van der Waals surface area contributed by atoms with E-state index in [1.165, 1.54) is 0 Å². The van der Waals surface area contributed by atoms with Gasteiger partial charge in [-0.05, 0) is 24.1 Å². The molecule has 15 heavy (non-hydrogen) atoms. The van der Waals surface area contributed by atoms with Gasteiger partial charge in [0.05, 0.1) is 0 Å². The van der Waals surface area contributed by atoms with Crippen LogP contribution in [0.15, 0.2) is 24.3 Å². The van der Waals surface area contributed by atoms with Gasteiger partial charge in [-0.25, -0.2) is 8.42 Å². The van der Waals surface area contributed by atoms with Crippen molar-refractivity contribution in [2.75, 3.05) is 16.5 Å². The first-order valence-electron chi connectivity index (χ1n) is 4.33. The maximum atomic E-state index is 11.1. The van der Waals surface area contributed by atoms with Crippen molar-refractivity contribution in [2.24, 2.45) is 0 Å². The molecule has 1 rings (SSSR count). The number of aliphatic hydroxyl groups is 1. The van der Waals surface area contributed by atoms with Crippen molar-refractivity contribution < 1.29 is 13.5 Å². The summed E-state index contributed by atoms with van der Waals surface area (Å²) in [6.45, 7) is 0.0761. The van der Waals surface area contributed by atoms with Crippen molar-refractivity contribution in [3.05, 3.63) is 29.8 Å². The van der Waals surface area contributed by atoms with E-state index in [0.29, 0.717) is 12.1 Å². The van der Waals surface area contributed by atoms with E-state index < -0.39 is 15.2 Å². The van der Waals surface area contributed by atoms with Crippen LogP contribution in [0.5, 0.6) is 0 Å². The molecule has 0 atom stereocenters. The van der Waals surface area contributed by atoms with Crippen LogP contribution in [0.25, 0.3) is 0 Å². The van der Waals surface area contributed by atoms with Crippen molar-refractivity contribution >= 4 is 27.3 Å². The Kier molecular flexibility index (Phi) is 4.38. The first-order chi connectivity index (χ1) is 7.07. The predicted octanol–water partition coefficient (Wildman–Crippen LogP) is 1.16. The Morgan fingerprint density at radius 3 is 2.33 bits per heavy atom. The molecule has 0 spiro atoms. The number of nitrogens with one attached hydrogen (secondary N) is 1. The quantitative estimate of drug-likeness (QED) is 0.770. The lowest BCUT2D eigenvalue weighted by molar-refractivity contribution is 0.299. The molecule has 0 bridgehead atoms. The second kappa shape index (κ2) is 5.34. The molecule has 0 aliphatic carbocycles. The summed E-state index contributed by atoms with van der Waals surface area (Å²) < 4.78 is 24.5. The molecule has 0 saturated heterocycles. The summed E-state index contributed by atoms with van der Waals surface area (Å²) in [5, 5.41) is 8.22. The number of hydrogen-bond acceptors (Lipinski definition) is 3. The lowest BCUT2D eigenvalue weighted by Gasteiger charge is -2.05. The number of alkyl halides is 1. The summed E-state index contributed by atoms with van der Waals surface area (Å²) in [7, 11) is -3.43. The summed E-state index contributed by atoms with van der Waals surface area (Å²) in [6.07, 6.45) is 0.558. The Balaban J connectivity index is 2.73. The summed E-state index contributed by atoms with van der Waals surface area (Å²) in [4.78, 5) is 0. The minimum atomic E-state index is -3.43. The van der Waals surface area contributed by atoms with Crippen LogP contribution >= 0.6 is 11.6 Å². The fraction of sp³-hybridized carbons (Fsp3) is 0.333. The minimum absolute atomic E-state index is 0.0761. The molecule has 0 unspecified atom stereocenters. The molecule has 0 aliphatic heterocycles. The van der Waals surface area contributed by atoms with Crippen LogP contribution in [0.1, 0.15) is 5.56 Å². The van der Waals surface area contributed by atoms with Gasteiger partial charge in [0.1, 0.15) is 5.21 Å². The van der Waals surface area contributed by atoms with E-state index in [0.717, 1.165) is 5.56 Å². The second-order valence-corrected chi connectivity index (χ2v) is 5.30. The van der Waals surface area contributed by atoms with E-state index in [-0.39, 0.29) is 6.61 Å². The molecule has 1 aromatic rings. The zero-order chi connectivity index (χ0) is 11.3. The Bertz CT molecular complexity index is 402. The SMILES string of the molecule is O=S(=O)(CCl)Nc1ccc(CCO)cc1. The number of aliphatic hydroxyl groups excluding tert-OH is 1. The molecule has 4 nitrogen and oxygen atoms in total. The van der Waals surface area contributed by atoms with E-state index in [4.69, 9.17) is 16.7 Å². The van der Waals surface area contributed by atoms with Crippen molar-refractivity contribution in [3.8, 4) is 0 Å². The molecule has 0 heterocycles. The second-order valence-electron chi connectivity index (χ2n) is 3.00. The minimum Gasteiger partial charge on any atom is -0.396 e. The molecule has 0 fully saturated rings. The maximum Gasteiger partial charge on any atom is 0.246 e. The molecule has 2 N–H and O–H groups in total. The summed E-state index contributed by atoms with van der Waals surface area (Å²) in [6, 6.07) is 6.77. The molecule has 0 aliphatic rings. The van der Waals surface area contributed by atoms with Crippen LogP contribution in [-0.2, 0) is 16.4 Å². The van der Waals surface area contributed by atoms with Crippen LogP contribution in [0.3, 0.4) is 0 Å². The molecular weight excluding hydrogens is 238 g/mol. The van der Waals surface area contributed by atoms with Crippen LogP contribution in [0.4, 0.5) is 5.69 Å². The Labute approximate surface area is 93.9 Å². The standard InChI is InChI=1S/C9H12ClNO3S/c10-7-15(13,14)11-9-3-1-8(2-4-9)5-6-12/h1-4,11-12H,5-7H2.